The zero-order valence-corrected chi connectivity index (χ0v) is 12.0. The Morgan fingerprint density at radius 3 is 2.50 bits per heavy atom. The molecule has 0 fully saturated rings. The number of halogens is 1. The second-order valence-corrected chi connectivity index (χ2v) is 4.97. The Morgan fingerprint density at radius 2 is 1.95 bits per heavy atom. The predicted octanol–water partition coefficient (Wildman–Crippen LogP) is 2.00. The molecule has 20 heavy (non-hydrogen) atoms. The van der Waals surface area contributed by atoms with E-state index in [1.54, 1.807) is 12.1 Å². The number of aliphatic hydroxyl groups is 1. The summed E-state index contributed by atoms with van der Waals surface area (Å²) in [7, 11) is 1.92. The Kier molecular flexibility index (Phi) is 4.52. The first kappa shape index (κ1) is 14.7. The van der Waals surface area contributed by atoms with Gasteiger partial charge in [-0.05, 0) is 31.5 Å². The van der Waals surface area contributed by atoms with E-state index in [2.05, 4.69) is 10.4 Å². The second-order valence-electron chi connectivity index (χ2n) is 4.97. The lowest BCUT2D eigenvalue weighted by atomic mass is 10.1. The fourth-order valence-electron chi connectivity index (χ4n) is 2.21. The van der Waals surface area contributed by atoms with Crippen molar-refractivity contribution in [3.63, 3.8) is 0 Å². The van der Waals surface area contributed by atoms with E-state index < -0.39 is 6.10 Å². The van der Waals surface area contributed by atoms with Gasteiger partial charge in [-0.25, -0.2) is 4.39 Å². The summed E-state index contributed by atoms with van der Waals surface area (Å²) in [6.45, 7) is 5.07. The summed E-state index contributed by atoms with van der Waals surface area (Å²) in [6.07, 6.45) is -0.645. The highest BCUT2D eigenvalue weighted by molar-refractivity contribution is 5.24. The molecule has 5 heteroatoms. The summed E-state index contributed by atoms with van der Waals surface area (Å²) in [5.74, 6) is -0.296. The highest BCUT2D eigenvalue weighted by atomic mass is 19.1. The van der Waals surface area contributed by atoms with Gasteiger partial charge in [-0.2, -0.15) is 5.10 Å². The largest absolute Gasteiger partial charge is 0.387 e. The summed E-state index contributed by atoms with van der Waals surface area (Å²) in [4.78, 5) is 0. The molecule has 0 aliphatic rings. The maximum atomic E-state index is 12.8. The topological polar surface area (TPSA) is 50.1 Å². The summed E-state index contributed by atoms with van der Waals surface area (Å²) in [5, 5.41) is 17.6. The van der Waals surface area contributed by atoms with Crippen molar-refractivity contribution in [3.8, 4) is 0 Å². The molecule has 2 N–H and O–H groups in total. The quantitative estimate of drug-likeness (QED) is 0.879. The third-order valence-corrected chi connectivity index (χ3v) is 3.55. The minimum Gasteiger partial charge on any atom is -0.387 e. The van der Waals surface area contributed by atoms with Crippen LogP contribution in [0.3, 0.4) is 0 Å². The maximum absolute atomic E-state index is 12.8. The van der Waals surface area contributed by atoms with Crippen LogP contribution in [0.5, 0.6) is 0 Å². The average molecular weight is 277 g/mol. The highest BCUT2D eigenvalue weighted by Gasteiger charge is 2.11. The highest BCUT2D eigenvalue weighted by Crippen LogP contribution is 2.14. The zero-order valence-electron chi connectivity index (χ0n) is 12.0. The fraction of sp³-hybridized carbons (Fsp3) is 0.400. The lowest BCUT2D eigenvalue weighted by Gasteiger charge is -2.12. The minimum atomic E-state index is -0.645. The molecule has 0 bridgehead atoms. The van der Waals surface area contributed by atoms with Crippen LogP contribution in [0.1, 0.15) is 28.6 Å². The minimum absolute atomic E-state index is 0.296. The van der Waals surface area contributed by atoms with Crippen LogP contribution in [0.25, 0.3) is 0 Å². The van der Waals surface area contributed by atoms with E-state index >= 15 is 0 Å². The molecule has 1 aromatic heterocycles. The number of aryl methyl sites for hydroxylation is 2. The smallest absolute Gasteiger partial charge is 0.123 e. The van der Waals surface area contributed by atoms with Gasteiger partial charge in [0, 0.05) is 31.4 Å². The third kappa shape index (κ3) is 3.23. The molecule has 0 amide bonds. The molecule has 0 aliphatic heterocycles. The van der Waals surface area contributed by atoms with Gasteiger partial charge in [0.05, 0.1) is 11.8 Å². The van der Waals surface area contributed by atoms with E-state index in [1.165, 1.54) is 12.1 Å². The fourth-order valence-corrected chi connectivity index (χ4v) is 2.21. The number of nitrogens with one attached hydrogen (secondary N) is 1. The second kappa shape index (κ2) is 6.15. The third-order valence-electron chi connectivity index (χ3n) is 3.55. The van der Waals surface area contributed by atoms with Gasteiger partial charge >= 0.3 is 0 Å². The average Bonchev–Trinajstić information content (AvgIpc) is 2.65. The summed E-state index contributed by atoms with van der Waals surface area (Å²) < 4.78 is 14.7. The van der Waals surface area contributed by atoms with E-state index in [9.17, 15) is 9.50 Å². The normalized spacial score (nSPS) is 12.7. The van der Waals surface area contributed by atoms with Crippen molar-refractivity contribution in [2.45, 2.75) is 26.5 Å². The van der Waals surface area contributed by atoms with Crippen LogP contribution in [-0.4, -0.2) is 21.4 Å². The Hall–Kier alpha value is -1.72. The van der Waals surface area contributed by atoms with Crippen LogP contribution in [0.15, 0.2) is 24.3 Å². The van der Waals surface area contributed by atoms with Gasteiger partial charge in [0.2, 0.25) is 0 Å². The lowest BCUT2D eigenvalue weighted by molar-refractivity contribution is 0.174. The van der Waals surface area contributed by atoms with Crippen LogP contribution < -0.4 is 5.32 Å². The van der Waals surface area contributed by atoms with E-state index in [0.29, 0.717) is 18.7 Å². The molecule has 1 unspecified atom stereocenters. The Labute approximate surface area is 118 Å². The number of hydrogen-bond donors (Lipinski definition) is 2. The Balaban J connectivity index is 1.91. The van der Waals surface area contributed by atoms with Crippen molar-refractivity contribution in [1.82, 2.24) is 15.1 Å². The van der Waals surface area contributed by atoms with Crippen molar-refractivity contribution >= 4 is 0 Å². The maximum Gasteiger partial charge on any atom is 0.123 e. The van der Waals surface area contributed by atoms with E-state index in [-0.39, 0.29) is 5.82 Å². The molecule has 0 aliphatic carbocycles. The molecule has 4 nitrogen and oxygen atoms in total. The Morgan fingerprint density at radius 1 is 1.30 bits per heavy atom. The van der Waals surface area contributed by atoms with Gasteiger partial charge in [-0.3, -0.25) is 4.68 Å². The Bertz CT molecular complexity index is 578. The molecule has 0 radical (unpaired) electrons. The number of hydrogen-bond acceptors (Lipinski definition) is 3. The van der Waals surface area contributed by atoms with Crippen LogP contribution in [0.2, 0.25) is 0 Å². The number of benzene rings is 1. The SMILES string of the molecule is Cc1nn(C)c(C)c1CNCC(O)c1ccc(F)cc1. The first-order valence-corrected chi connectivity index (χ1v) is 6.62. The van der Waals surface area contributed by atoms with Crippen molar-refractivity contribution in [3.05, 3.63) is 52.6 Å². The standard InChI is InChI=1S/C15H20FN3O/c1-10-14(11(2)19(3)18-10)8-17-9-15(20)12-4-6-13(16)7-5-12/h4-7,15,17,20H,8-9H2,1-3H3. The molecule has 1 heterocycles. The van der Waals surface area contributed by atoms with Gasteiger partial charge in [0.1, 0.15) is 5.82 Å². The molecule has 1 atom stereocenters. The van der Waals surface area contributed by atoms with E-state index in [4.69, 9.17) is 0 Å². The van der Waals surface area contributed by atoms with Crippen LogP contribution >= 0.6 is 0 Å². The first-order valence-electron chi connectivity index (χ1n) is 6.62. The molecular formula is C15H20FN3O. The summed E-state index contributed by atoms with van der Waals surface area (Å²) in [5.41, 5.74) is 3.97. The summed E-state index contributed by atoms with van der Waals surface area (Å²) >= 11 is 0. The summed E-state index contributed by atoms with van der Waals surface area (Å²) in [6, 6.07) is 5.91. The number of rotatable bonds is 5. The lowest BCUT2D eigenvalue weighted by Crippen LogP contribution is -2.21. The molecule has 0 spiro atoms. The van der Waals surface area contributed by atoms with Crippen molar-refractivity contribution in [2.24, 2.45) is 7.05 Å². The van der Waals surface area contributed by atoms with Crippen LogP contribution in [0.4, 0.5) is 4.39 Å². The van der Waals surface area contributed by atoms with Gasteiger partial charge in [0.15, 0.2) is 0 Å². The van der Waals surface area contributed by atoms with Gasteiger partial charge in [-0.1, -0.05) is 12.1 Å². The molecule has 0 saturated carbocycles. The molecule has 108 valence electrons. The van der Waals surface area contributed by atoms with Crippen LogP contribution in [0, 0.1) is 19.7 Å². The number of aromatic nitrogens is 2. The number of nitrogens with zero attached hydrogens (tertiary/aromatic N) is 2. The molecule has 1 aromatic carbocycles. The van der Waals surface area contributed by atoms with Crippen molar-refractivity contribution in [2.75, 3.05) is 6.54 Å². The molecule has 2 aromatic rings. The van der Waals surface area contributed by atoms with Crippen molar-refractivity contribution in [1.29, 1.82) is 0 Å². The number of aliphatic hydroxyl groups excluding tert-OH is 1. The van der Waals surface area contributed by atoms with E-state index in [0.717, 1.165) is 17.0 Å². The first-order chi connectivity index (χ1) is 9.49. The molecular weight excluding hydrogens is 257 g/mol. The van der Waals surface area contributed by atoms with Gasteiger partial charge in [0.25, 0.3) is 0 Å². The molecule has 2 rings (SSSR count). The zero-order chi connectivity index (χ0) is 14.7. The molecule has 0 saturated heterocycles. The van der Waals surface area contributed by atoms with Crippen LogP contribution in [-0.2, 0) is 13.6 Å². The van der Waals surface area contributed by atoms with Crippen molar-refractivity contribution < 1.29 is 9.50 Å². The van der Waals surface area contributed by atoms with Gasteiger partial charge in [-0.15, -0.1) is 0 Å². The predicted molar refractivity (Wildman–Crippen MR) is 75.7 cm³/mol. The van der Waals surface area contributed by atoms with E-state index in [1.807, 2.05) is 25.6 Å². The monoisotopic (exact) mass is 277 g/mol. The van der Waals surface area contributed by atoms with Gasteiger partial charge < -0.3 is 10.4 Å².